The summed E-state index contributed by atoms with van der Waals surface area (Å²) in [5.41, 5.74) is 2.20. The molecule has 2 aliphatic rings. The van der Waals surface area contributed by atoms with E-state index in [-0.39, 0.29) is 18.2 Å². The highest BCUT2D eigenvalue weighted by atomic mass is 35.5. The van der Waals surface area contributed by atoms with E-state index in [1.807, 2.05) is 18.2 Å². The van der Waals surface area contributed by atoms with Gasteiger partial charge in [-0.2, -0.15) is 0 Å². The van der Waals surface area contributed by atoms with E-state index in [9.17, 15) is 9.59 Å². The van der Waals surface area contributed by atoms with Crippen LogP contribution in [0.2, 0.25) is 5.02 Å². The molecule has 0 atom stereocenters. The average molecular weight is 387 g/mol. The number of fused-ring (bicyclic) bond motifs is 1. The predicted molar refractivity (Wildman–Crippen MR) is 103 cm³/mol. The molecule has 0 spiro atoms. The van der Waals surface area contributed by atoms with Gasteiger partial charge >= 0.3 is 0 Å². The van der Waals surface area contributed by atoms with E-state index in [0.717, 1.165) is 17.7 Å². The van der Waals surface area contributed by atoms with Crippen molar-refractivity contribution in [3.63, 3.8) is 0 Å². The van der Waals surface area contributed by atoms with Crippen LogP contribution in [-0.2, 0) is 16.0 Å². The minimum Gasteiger partial charge on any atom is -0.486 e. The van der Waals surface area contributed by atoms with E-state index in [4.69, 9.17) is 21.1 Å². The first kappa shape index (κ1) is 17.7. The first-order chi connectivity index (χ1) is 13.1. The maximum Gasteiger partial charge on any atom is 0.228 e. The quantitative estimate of drug-likeness (QED) is 0.874. The Labute approximate surface area is 162 Å². The molecule has 2 aliphatic heterocycles. The van der Waals surface area contributed by atoms with Gasteiger partial charge in [0.1, 0.15) is 13.2 Å². The van der Waals surface area contributed by atoms with Gasteiger partial charge in [-0.15, -0.1) is 0 Å². The molecule has 0 bridgehead atoms. The standard InChI is InChI=1S/C20H19ClN2O4/c21-16-9-13(10-17-20(16)27-8-7-26-17)11-18(24)22-14-3-1-4-15(12-14)23-6-2-5-19(23)25/h1,3-4,9-10,12H,2,5-8,11H2,(H,22,24). The molecule has 2 aromatic rings. The van der Waals surface area contributed by atoms with E-state index in [0.29, 0.717) is 48.4 Å². The number of ether oxygens (including phenoxy) is 2. The lowest BCUT2D eigenvalue weighted by atomic mass is 10.1. The van der Waals surface area contributed by atoms with Crippen LogP contribution in [-0.4, -0.2) is 31.6 Å². The lowest BCUT2D eigenvalue weighted by molar-refractivity contribution is -0.117. The molecule has 4 rings (SSSR count). The summed E-state index contributed by atoms with van der Waals surface area (Å²) in [6, 6.07) is 10.8. The summed E-state index contributed by atoms with van der Waals surface area (Å²) in [6.45, 7) is 1.63. The molecule has 2 aromatic carbocycles. The highest BCUT2D eigenvalue weighted by Gasteiger charge is 2.22. The number of halogens is 1. The van der Waals surface area contributed by atoms with Gasteiger partial charge in [0.2, 0.25) is 11.8 Å². The van der Waals surface area contributed by atoms with E-state index < -0.39 is 0 Å². The molecule has 0 aliphatic carbocycles. The number of anilines is 2. The van der Waals surface area contributed by atoms with E-state index in [1.54, 1.807) is 23.1 Å². The molecule has 0 radical (unpaired) electrons. The number of nitrogens with one attached hydrogen (secondary N) is 1. The van der Waals surface area contributed by atoms with Gasteiger partial charge in [0.05, 0.1) is 11.4 Å². The minimum atomic E-state index is -0.173. The van der Waals surface area contributed by atoms with Crippen molar-refractivity contribution in [3.05, 3.63) is 47.0 Å². The Morgan fingerprint density at radius 1 is 1.19 bits per heavy atom. The van der Waals surface area contributed by atoms with Crippen molar-refractivity contribution in [1.82, 2.24) is 0 Å². The van der Waals surface area contributed by atoms with Gasteiger partial charge in [-0.25, -0.2) is 0 Å². The van der Waals surface area contributed by atoms with Crippen molar-refractivity contribution < 1.29 is 19.1 Å². The highest BCUT2D eigenvalue weighted by Crippen LogP contribution is 2.38. The lowest BCUT2D eigenvalue weighted by Gasteiger charge is -2.20. The Kier molecular flexibility index (Phi) is 4.90. The molecule has 1 saturated heterocycles. The van der Waals surface area contributed by atoms with Crippen LogP contribution in [0.5, 0.6) is 11.5 Å². The van der Waals surface area contributed by atoms with Crippen LogP contribution in [0.4, 0.5) is 11.4 Å². The normalized spacial score (nSPS) is 15.7. The summed E-state index contributed by atoms with van der Waals surface area (Å²) >= 11 is 6.22. The van der Waals surface area contributed by atoms with Crippen molar-refractivity contribution in [2.24, 2.45) is 0 Å². The van der Waals surface area contributed by atoms with E-state index >= 15 is 0 Å². The maximum atomic E-state index is 12.5. The first-order valence-corrected chi connectivity index (χ1v) is 9.26. The van der Waals surface area contributed by atoms with Gasteiger partial charge < -0.3 is 19.7 Å². The maximum absolute atomic E-state index is 12.5. The number of hydrogen-bond donors (Lipinski definition) is 1. The first-order valence-electron chi connectivity index (χ1n) is 8.88. The molecule has 140 valence electrons. The predicted octanol–water partition coefficient (Wildman–Crippen LogP) is 3.42. The molecule has 7 heteroatoms. The van der Waals surface area contributed by atoms with Crippen molar-refractivity contribution in [1.29, 1.82) is 0 Å². The molecule has 1 fully saturated rings. The Bertz CT molecular complexity index is 900. The summed E-state index contributed by atoms with van der Waals surface area (Å²) < 4.78 is 11.0. The average Bonchev–Trinajstić information content (AvgIpc) is 3.08. The second-order valence-corrected chi connectivity index (χ2v) is 6.93. The SMILES string of the molecule is O=C(Cc1cc(Cl)c2c(c1)OCCO2)Nc1cccc(N2CCCC2=O)c1. The van der Waals surface area contributed by atoms with Gasteiger partial charge in [-0.05, 0) is 42.3 Å². The minimum absolute atomic E-state index is 0.115. The number of benzene rings is 2. The summed E-state index contributed by atoms with van der Waals surface area (Å²) in [4.78, 5) is 26.1. The summed E-state index contributed by atoms with van der Waals surface area (Å²) in [6.07, 6.45) is 1.59. The van der Waals surface area contributed by atoms with Crippen LogP contribution in [0, 0.1) is 0 Å². The Morgan fingerprint density at radius 3 is 2.85 bits per heavy atom. The summed E-state index contributed by atoms with van der Waals surface area (Å²) in [5, 5.41) is 3.31. The molecule has 6 nitrogen and oxygen atoms in total. The fraction of sp³-hybridized carbons (Fsp3) is 0.300. The van der Waals surface area contributed by atoms with Gasteiger partial charge in [0.25, 0.3) is 0 Å². The topological polar surface area (TPSA) is 67.9 Å². The molecule has 27 heavy (non-hydrogen) atoms. The van der Waals surface area contributed by atoms with Gasteiger partial charge in [-0.3, -0.25) is 9.59 Å². The third kappa shape index (κ3) is 3.85. The van der Waals surface area contributed by atoms with Crippen LogP contribution >= 0.6 is 11.6 Å². The smallest absolute Gasteiger partial charge is 0.228 e. The third-order valence-electron chi connectivity index (χ3n) is 4.54. The van der Waals surface area contributed by atoms with Gasteiger partial charge in [0, 0.05) is 24.3 Å². The monoisotopic (exact) mass is 386 g/mol. The second-order valence-electron chi connectivity index (χ2n) is 6.53. The summed E-state index contributed by atoms with van der Waals surface area (Å²) in [5.74, 6) is 1.03. The lowest BCUT2D eigenvalue weighted by Crippen LogP contribution is -2.23. The van der Waals surface area contributed by atoms with E-state index in [2.05, 4.69) is 5.32 Å². The zero-order valence-corrected chi connectivity index (χ0v) is 15.4. The summed E-state index contributed by atoms with van der Waals surface area (Å²) in [7, 11) is 0. The number of carbonyl (C=O) groups excluding carboxylic acids is 2. The van der Waals surface area contributed by atoms with Crippen molar-refractivity contribution in [2.75, 3.05) is 30.0 Å². The van der Waals surface area contributed by atoms with Crippen LogP contribution < -0.4 is 19.7 Å². The Hall–Kier alpha value is -2.73. The number of carbonyl (C=O) groups is 2. The van der Waals surface area contributed by atoms with E-state index in [1.165, 1.54) is 0 Å². The Balaban J connectivity index is 1.45. The molecule has 0 aromatic heterocycles. The fourth-order valence-corrected chi connectivity index (χ4v) is 3.62. The Morgan fingerprint density at radius 2 is 2.04 bits per heavy atom. The number of nitrogens with zero attached hydrogens (tertiary/aromatic N) is 1. The number of amides is 2. The van der Waals surface area contributed by atoms with Gasteiger partial charge in [-0.1, -0.05) is 17.7 Å². The van der Waals surface area contributed by atoms with Crippen LogP contribution in [0.1, 0.15) is 18.4 Å². The largest absolute Gasteiger partial charge is 0.486 e. The molecule has 0 unspecified atom stereocenters. The van der Waals surface area contributed by atoms with Crippen LogP contribution in [0.15, 0.2) is 36.4 Å². The zero-order chi connectivity index (χ0) is 18.8. The fourth-order valence-electron chi connectivity index (χ4n) is 3.33. The zero-order valence-electron chi connectivity index (χ0n) is 14.7. The number of hydrogen-bond acceptors (Lipinski definition) is 4. The molecular weight excluding hydrogens is 368 g/mol. The molecule has 0 saturated carbocycles. The number of rotatable bonds is 4. The highest BCUT2D eigenvalue weighted by molar-refractivity contribution is 6.32. The van der Waals surface area contributed by atoms with Crippen molar-refractivity contribution >= 4 is 34.8 Å². The van der Waals surface area contributed by atoms with Crippen LogP contribution in [0.3, 0.4) is 0 Å². The molecular formula is C20H19ClN2O4. The third-order valence-corrected chi connectivity index (χ3v) is 4.82. The second kappa shape index (κ2) is 7.48. The molecule has 2 amide bonds. The van der Waals surface area contributed by atoms with Gasteiger partial charge in [0.15, 0.2) is 11.5 Å². The van der Waals surface area contributed by atoms with Crippen molar-refractivity contribution in [3.8, 4) is 11.5 Å². The molecule has 1 N–H and O–H groups in total. The molecule has 2 heterocycles. The van der Waals surface area contributed by atoms with Crippen LogP contribution in [0.25, 0.3) is 0 Å². The van der Waals surface area contributed by atoms with Crippen molar-refractivity contribution in [2.45, 2.75) is 19.3 Å².